The molecule has 0 aliphatic carbocycles. The summed E-state index contributed by atoms with van der Waals surface area (Å²) in [5.41, 5.74) is 3.70. The van der Waals surface area contributed by atoms with Crippen molar-refractivity contribution >= 4 is 15.2 Å². The molecule has 2 rings (SSSR count). The summed E-state index contributed by atoms with van der Waals surface area (Å²) < 4.78 is 35.6. The van der Waals surface area contributed by atoms with Crippen LogP contribution in [0.2, 0.25) is 0 Å². The van der Waals surface area contributed by atoms with Crippen LogP contribution in [0.15, 0.2) is 24.3 Å². The predicted octanol–water partition coefficient (Wildman–Crippen LogP) is 10.3. The van der Waals surface area contributed by atoms with Crippen LogP contribution in [0.4, 0.5) is 0 Å². The monoisotopic (exact) mass is 770 g/mol. The van der Waals surface area contributed by atoms with E-state index in [1.807, 2.05) is 65.8 Å². The molecule has 0 fully saturated rings. The van der Waals surface area contributed by atoms with Crippen LogP contribution in [0.1, 0.15) is 158 Å². The second-order valence-electron chi connectivity index (χ2n) is 19.1. The SMILES string of the molecule is CC(C)(C)Oc1c(C(C)(C)C)cc(CP(=O)(O)O)cc1C(C)(C)C.CC(C)(C)Oc1c(C(C)(C)C)cc(CP(=O)(O)O)cc1C(C)(C)C.[Ni]. The van der Waals surface area contributed by atoms with E-state index in [4.69, 9.17) is 9.47 Å². The summed E-state index contributed by atoms with van der Waals surface area (Å²) in [5, 5.41) is 0. The van der Waals surface area contributed by atoms with Gasteiger partial charge in [0.2, 0.25) is 0 Å². The van der Waals surface area contributed by atoms with Crippen molar-refractivity contribution in [2.75, 3.05) is 0 Å². The van der Waals surface area contributed by atoms with Crippen LogP contribution in [0.5, 0.6) is 11.5 Å². The summed E-state index contributed by atoms with van der Waals surface area (Å²) >= 11 is 0. The molecule has 0 aromatic heterocycles. The van der Waals surface area contributed by atoms with E-state index in [1.54, 1.807) is 0 Å². The van der Waals surface area contributed by atoms with Gasteiger partial charge >= 0.3 is 15.2 Å². The molecule has 49 heavy (non-hydrogen) atoms. The third-order valence-corrected chi connectivity index (χ3v) is 8.68. The third kappa shape index (κ3) is 16.8. The summed E-state index contributed by atoms with van der Waals surface area (Å²) in [6.07, 6.45) is -0.510. The normalized spacial score (nSPS) is 13.7. The van der Waals surface area contributed by atoms with Crippen LogP contribution in [-0.2, 0) is 59.6 Å². The first-order valence-electron chi connectivity index (χ1n) is 16.6. The summed E-state index contributed by atoms with van der Waals surface area (Å²) in [5.74, 6) is 1.66. The van der Waals surface area contributed by atoms with Crippen LogP contribution in [0.25, 0.3) is 0 Å². The predicted molar refractivity (Wildman–Crippen MR) is 200 cm³/mol. The van der Waals surface area contributed by atoms with Crippen LogP contribution in [-0.4, -0.2) is 30.8 Å². The van der Waals surface area contributed by atoms with Crippen molar-refractivity contribution in [3.8, 4) is 11.5 Å². The fraction of sp³-hybridized carbons (Fsp3) is 0.684. The molecular formula is C38H66NiO8P2. The van der Waals surface area contributed by atoms with Gasteiger partial charge in [-0.15, -0.1) is 0 Å². The number of hydrogen-bond acceptors (Lipinski definition) is 4. The Labute approximate surface area is 307 Å². The molecular weight excluding hydrogens is 705 g/mol. The van der Waals surface area contributed by atoms with E-state index in [2.05, 4.69) is 83.1 Å². The molecule has 0 saturated carbocycles. The fourth-order valence-corrected chi connectivity index (χ4v) is 6.41. The first kappa shape index (κ1) is 47.8. The first-order chi connectivity index (χ1) is 20.8. The van der Waals surface area contributed by atoms with E-state index in [9.17, 15) is 28.7 Å². The fourth-order valence-electron chi connectivity index (χ4n) is 5.10. The van der Waals surface area contributed by atoms with Gasteiger partial charge in [0, 0.05) is 38.7 Å². The molecule has 2 aromatic rings. The van der Waals surface area contributed by atoms with Crippen molar-refractivity contribution in [3.05, 3.63) is 57.6 Å². The Bertz CT molecular complexity index is 1330. The van der Waals surface area contributed by atoms with Gasteiger partial charge in [-0.25, -0.2) is 0 Å². The molecule has 0 amide bonds. The van der Waals surface area contributed by atoms with Gasteiger partial charge in [-0.3, -0.25) is 9.13 Å². The van der Waals surface area contributed by atoms with E-state index < -0.39 is 15.2 Å². The number of hydrogen-bond donors (Lipinski definition) is 4. The van der Waals surface area contributed by atoms with Gasteiger partial charge in [-0.1, -0.05) is 107 Å². The molecule has 8 nitrogen and oxygen atoms in total. The molecule has 0 spiro atoms. The Morgan fingerprint density at radius 3 is 0.755 bits per heavy atom. The van der Waals surface area contributed by atoms with E-state index in [1.165, 1.54) is 0 Å². The topological polar surface area (TPSA) is 134 Å². The molecule has 2 aromatic carbocycles. The van der Waals surface area contributed by atoms with Crippen LogP contribution in [0.3, 0.4) is 0 Å². The summed E-state index contributed by atoms with van der Waals surface area (Å²) in [6.45, 7) is 37.1. The van der Waals surface area contributed by atoms with Gasteiger partial charge in [0.25, 0.3) is 0 Å². The molecule has 0 saturated heterocycles. The zero-order chi connectivity index (χ0) is 38.3. The van der Waals surface area contributed by atoms with E-state index >= 15 is 0 Å². The zero-order valence-electron chi connectivity index (χ0n) is 33.4. The largest absolute Gasteiger partial charge is 0.488 e. The van der Waals surface area contributed by atoms with Gasteiger partial charge in [0.15, 0.2) is 0 Å². The molecule has 0 aliphatic heterocycles. The van der Waals surface area contributed by atoms with E-state index in [-0.39, 0.29) is 61.7 Å². The smallest absolute Gasteiger partial charge is 0.329 e. The van der Waals surface area contributed by atoms with Gasteiger partial charge < -0.3 is 29.0 Å². The Morgan fingerprint density at radius 2 is 0.633 bits per heavy atom. The maximum Gasteiger partial charge on any atom is 0.329 e. The molecule has 0 heterocycles. The first-order valence-corrected chi connectivity index (χ1v) is 20.2. The van der Waals surface area contributed by atoms with Crippen LogP contribution in [0, 0.1) is 0 Å². The summed E-state index contributed by atoms with van der Waals surface area (Å²) in [6, 6.07) is 7.54. The molecule has 11 heteroatoms. The molecule has 286 valence electrons. The van der Waals surface area contributed by atoms with Crippen molar-refractivity contribution < 1.29 is 54.7 Å². The van der Waals surface area contributed by atoms with Crippen LogP contribution >= 0.6 is 15.2 Å². The minimum Gasteiger partial charge on any atom is -0.488 e. The summed E-state index contributed by atoms with van der Waals surface area (Å²) in [4.78, 5) is 37.6. The molecule has 0 bridgehead atoms. The maximum absolute atomic E-state index is 11.5. The number of benzene rings is 2. The zero-order valence-corrected chi connectivity index (χ0v) is 36.1. The molecule has 4 N–H and O–H groups in total. The molecule has 0 unspecified atom stereocenters. The number of ether oxygens (including phenoxy) is 2. The Hall–Kier alpha value is -1.17. The van der Waals surface area contributed by atoms with Gasteiger partial charge in [-0.05, 0) is 74.3 Å². The third-order valence-electron chi connectivity index (χ3n) is 7.12. The van der Waals surface area contributed by atoms with Crippen molar-refractivity contribution in [1.29, 1.82) is 0 Å². The molecule has 0 aliphatic rings. The van der Waals surface area contributed by atoms with Crippen molar-refractivity contribution in [2.45, 2.75) is 170 Å². The average molecular weight is 772 g/mol. The molecule has 0 radical (unpaired) electrons. The maximum atomic E-state index is 11.5. The van der Waals surface area contributed by atoms with Crippen molar-refractivity contribution in [3.63, 3.8) is 0 Å². The second-order valence-corrected chi connectivity index (χ2v) is 22.4. The van der Waals surface area contributed by atoms with E-state index in [0.29, 0.717) is 11.1 Å². The standard InChI is InChI=1S/2C19H33O4P.Ni/c2*1-17(2,3)14-10-13(12-24(20,21)22)11-15(18(4,5)6)16(14)23-19(7,8)9;/h2*10-11H,12H2,1-9H3,(H2,20,21,22);. The average Bonchev–Trinajstić information content (AvgIpc) is 2.74. The van der Waals surface area contributed by atoms with Gasteiger partial charge in [0.1, 0.15) is 22.7 Å². The van der Waals surface area contributed by atoms with Gasteiger partial charge in [-0.2, -0.15) is 0 Å². The molecule has 0 atom stereocenters. The van der Waals surface area contributed by atoms with E-state index in [0.717, 1.165) is 33.8 Å². The Balaban J connectivity index is 0.000000922. The summed E-state index contributed by atoms with van der Waals surface area (Å²) in [7, 11) is -8.26. The Kier molecular flexibility index (Phi) is 15.5. The quantitative estimate of drug-likeness (QED) is 0.169. The minimum absolute atomic E-state index is 0. The minimum atomic E-state index is -4.13. The van der Waals surface area contributed by atoms with Crippen molar-refractivity contribution in [2.24, 2.45) is 0 Å². The van der Waals surface area contributed by atoms with Gasteiger partial charge in [0.05, 0.1) is 12.3 Å². The number of rotatable bonds is 6. The van der Waals surface area contributed by atoms with Crippen molar-refractivity contribution in [1.82, 2.24) is 0 Å². The second kappa shape index (κ2) is 15.8. The van der Waals surface area contributed by atoms with Crippen LogP contribution < -0.4 is 9.47 Å². The Morgan fingerprint density at radius 1 is 0.449 bits per heavy atom.